The van der Waals surface area contributed by atoms with Crippen molar-refractivity contribution in [3.05, 3.63) is 29.8 Å². The minimum atomic E-state index is -0.306. The second-order valence-corrected chi connectivity index (χ2v) is 3.56. The van der Waals surface area contributed by atoms with Gasteiger partial charge in [0.1, 0.15) is 6.04 Å². The molecule has 1 aromatic rings. The van der Waals surface area contributed by atoms with Crippen molar-refractivity contribution in [2.45, 2.75) is 25.8 Å². The van der Waals surface area contributed by atoms with E-state index in [-0.39, 0.29) is 12.0 Å². The van der Waals surface area contributed by atoms with Gasteiger partial charge in [-0.2, -0.15) is 0 Å². The molecule has 1 aliphatic heterocycles. The minimum absolute atomic E-state index is 0.202. The number of fused-ring (bicyclic) bond motifs is 1. The molecule has 1 unspecified atom stereocenters. The van der Waals surface area contributed by atoms with Crippen LogP contribution in [0.25, 0.3) is 0 Å². The number of rotatable bonds is 2. The fourth-order valence-electron chi connectivity index (χ4n) is 1.78. The highest BCUT2D eigenvalue weighted by Crippen LogP contribution is 2.24. The number of ether oxygens (including phenoxy) is 1. The van der Waals surface area contributed by atoms with E-state index in [0.717, 1.165) is 18.5 Å². The van der Waals surface area contributed by atoms with Crippen molar-refractivity contribution in [3.63, 3.8) is 0 Å². The van der Waals surface area contributed by atoms with Crippen LogP contribution in [-0.2, 0) is 16.0 Å². The Morgan fingerprint density at radius 1 is 1.53 bits per heavy atom. The summed E-state index contributed by atoms with van der Waals surface area (Å²) in [4.78, 5) is 11.5. The number of carbonyl (C=O) groups is 1. The summed E-state index contributed by atoms with van der Waals surface area (Å²) >= 11 is 0. The molecule has 0 aliphatic carbocycles. The maximum atomic E-state index is 11.5. The van der Waals surface area contributed by atoms with Crippen molar-refractivity contribution in [1.82, 2.24) is 5.32 Å². The van der Waals surface area contributed by atoms with Crippen LogP contribution in [0.4, 0.5) is 5.69 Å². The first kappa shape index (κ1) is 10.0. The van der Waals surface area contributed by atoms with Gasteiger partial charge in [-0.3, -0.25) is 5.32 Å². The summed E-state index contributed by atoms with van der Waals surface area (Å²) in [6, 6.07) is 7.63. The van der Waals surface area contributed by atoms with Crippen LogP contribution in [0.2, 0.25) is 0 Å². The normalized spacial score (nSPS) is 18.9. The van der Waals surface area contributed by atoms with E-state index < -0.39 is 0 Å². The van der Waals surface area contributed by atoms with Crippen LogP contribution < -0.4 is 5.32 Å². The Labute approximate surface area is 89.4 Å². The van der Waals surface area contributed by atoms with Gasteiger partial charge in [-0.1, -0.05) is 18.2 Å². The Morgan fingerprint density at radius 2 is 2.33 bits per heavy atom. The molecule has 0 fully saturated rings. The molecule has 1 aromatic carbocycles. The Hall–Kier alpha value is -1.51. The van der Waals surface area contributed by atoms with Gasteiger partial charge in [-0.05, 0) is 31.4 Å². The molecule has 0 saturated heterocycles. The molecule has 1 aliphatic rings. The first-order valence-corrected chi connectivity index (χ1v) is 5.26. The van der Waals surface area contributed by atoms with E-state index >= 15 is 0 Å². The summed E-state index contributed by atoms with van der Waals surface area (Å²) in [5.41, 5.74) is 2.15. The third-order valence-corrected chi connectivity index (χ3v) is 2.53. The Bertz CT molecular complexity index is 362. The Balaban J connectivity index is 2.08. The quantitative estimate of drug-likeness (QED) is 0.689. The number of esters is 1. The molecule has 3 heteroatoms. The zero-order valence-corrected chi connectivity index (χ0v) is 8.77. The summed E-state index contributed by atoms with van der Waals surface area (Å²) in [5.74, 6) is -0.202. The standard InChI is InChI=1S/C12H14NO2/c1-2-15-12(14)11-8-7-9-5-3-4-6-10(9)13-11/h3-6,11H,2,7-8H2,1H3. The van der Waals surface area contributed by atoms with Gasteiger partial charge in [-0.15, -0.1) is 0 Å². The fraction of sp³-hybridized carbons (Fsp3) is 0.417. The lowest BCUT2D eigenvalue weighted by atomic mass is 9.98. The third kappa shape index (κ3) is 2.12. The summed E-state index contributed by atoms with van der Waals surface area (Å²) < 4.78 is 4.96. The van der Waals surface area contributed by atoms with Crippen LogP contribution in [0.1, 0.15) is 18.9 Å². The first-order valence-electron chi connectivity index (χ1n) is 5.26. The smallest absolute Gasteiger partial charge is 0.330 e. The molecule has 1 atom stereocenters. The molecule has 0 bridgehead atoms. The van der Waals surface area contributed by atoms with Crippen molar-refractivity contribution in [2.75, 3.05) is 6.61 Å². The van der Waals surface area contributed by atoms with Crippen molar-refractivity contribution < 1.29 is 9.53 Å². The average Bonchev–Trinajstić information content (AvgIpc) is 2.29. The van der Waals surface area contributed by atoms with E-state index in [1.807, 2.05) is 25.1 Å². The van der Waals surface area contributed by atoms with Crippen LogP contribution in [0.3, 0.4) is 0 Å². The second-order valence-electron chi connectivity index (χ2n) is 3.56. The van der Waals surface area contributed by atoms with E-state index in [2.05, 4.69) is 11.4 Å². The number of hydrogen-bond acceptors (Lipinski definition) is 2. The SMILES string of the molecule is CCOC(=O)C1CCc2ccccc2[N]1. The van der Waals surface area contributed by atoms with E-state index in [0.29, 0.717) is 6.61 Å². The second kappa shape index (κ2) is 4.34. The fourth-order valence-corrected chi connectivity index (χ4v) is 1.78. The number of para-hydroxylation sites is 1. The van der Waals surface area contributed by atoms with Gasteiger partial charge in [-0.25, -0.2) is 4.79 Å². The van der Waals surface area contributed by atoms with E-state index in [1.54, 1.807) is 0 Å². The van der Waals surface area contributed by atoms with Gasteiger partial charge >= 0.3 is 5.97 Å². The molecule has 2 rings (SSSR count). The molecular formula is C12H14NO2. The largest absolute Gasteiger partial charge is 0.464 e. The molecular weight excluding hydrogens is 190 g/mol. The molecule has 0 aromatic heterocycles. The molecule has 1 radical (unpaired) electrons. The zero-order valence-electron chi connectivity index (χ0n) is 8.77. The van der Waals surface area contributed by atoms with Crippen LogP contribution in [0.5, 0.6) is 0 Å². The van der Waals surface area contributed by atoms with Crippen LogP contribution in [0, 0.1) is 0 Å². The Kier molecular flexibility index (Phi) is 2.90. The van der Waals surface area contributed by atoms with Crippen LogP contribution in [-0.4, -0.2) is 18.6 Å². The molecule has 0 saturated carbocycles. The molecule has 3 nitrogen and oxygen atoms in total. The van der Waals surface area contributed by atoms with E-state index in [1.165, 1.54) is 5.56 Å². The number of carbonyl (C=O) groups excluding carboxylic acids is 1. The summed E-state index contributed by atoms with van der Waals surface area (Å²) in [7, 11) is 0. The number of aryl methyl sites for hydroxylation is 1. The van der Waals surface area contributed by atoms with Crippen LogP contribution >= 0.6 is 0 Å². The third-order valence-electron chi connectivity index (χ3n) is 2.53. The summed E-state index contributed by atoms with van der Waals surface area (Å²) in [6.07, 6.45) is 1.67. The lowest BCUT2D eigenvalue weighted by molar-refractivity contribution is -0.145. The van der Waals surface area contributed by atoms with E-state index in [4.69, 9.17) is 4.74 Å². The number of nitrogens with zero attached hydrogens (tertiary/aromatic N) is 1. The molecule has 0 N–H and O–H groups in total. The average molecular weight is 204 g/mol. The molecule has 0 spiro atoms. The van der Waals surface area contributed by atoms with Crippen LogP contribution in [0.15, 0.2) is 24.3 Å². The van der Waals surface area contributed by atoms with Crippen molar-refractivity contribution in [3.8, 4) is 0 Å². The van der Waals surface area contributed by atoms with Gasteiger partial charge in [0, 0.05) is 0 Å². The van der Waals surface area contributed by atoms with Crippen molar-refractivity contribution >= 4 is 11.7 Å². The monoisotopic (exact) mass is 204 g/mol. The van der Waals surface area contributed by atoms with Gasteiger partial charge in [0.05, 0.1) is 12.3 Å². The Morgan fingerprint density at radius 3 is 3.13 bits per heavy atom. The van der Waals surface area contributed by atoms with Gasteiger partial charge in [0.15, 0.2) is 0 Å². The molecule has 1 heterocycles. The maximum Gasteiger partial charge on any atom is 0.330 e. The van der Waals surface area contributed by atoms with E-state index in [9.17, 15) is 4.79 Å². The topological polar surface area (TPSA) is 40.4 Å². The van der Waals surface area contributed by atoms with Gasteiger partial charge < -0.3 is 4.74 Å². The molecule has 79 valence electrons. The summed E-state index contributed by atoms with van der Waals surface area (Å²) in [5, 5.41) is 4.39. The van der Waals surface area contributed by atoms with Gasteiger partial charge in [0.2, 0.25) is 0 Å². The van der Waals surface area contributed by atoms with Crippen molar-refractivity contribution in [1.29, 1.82) is 0 Å². The first-order chi connectivity index (χ1) is 7.31. The lowest BCUT2D eigenvalue weighted by Gasteiger charge is -2.22. The van der Waals surface area contributed by atoms with Crippen molar-refractivity contribution in [2.24, 2.45) is 0 Å². The maximum absolute atomic E-state index is 11.5. The number of hydrogen-bond donors (Lipinski definition) is 0. The highest BCUT2D eigenvalue weighted by Gasteiger charge is 2.26. The highest BCUT2D eigenvalue weighted by molar-refractivity contribution is 5.77. The lowest BCUT2D eigenvalue weighted by Crippen LogP contribution is -2.34. The summed E-state index contributed by atoms with van der Waals surface area (Å²) in [6.45, 7) is 2.24. The number of benzene rings is 1. The van der Waals surface area contributed by atoms with Gasteiger partial charge in [0.25, 0.3) is 0 Å². The predicted molar refractivity (Wildman–Crippen MR) is 57.0 cm³/mol. The predicted octanol–water partition coefficient (Wildman–Crippen LogP) is 1.80. The zero-order chi connectivity index (χ0) is 10.7. The molecule has 0 amide bonds. The highest BCUT2D eigenvalue weighted by atomic mass is 16.5. The molecule has 15 heavy (non-hydrogen) atoms. The minimum Gasteiger partial charge on any atom is -0.464 e.